The van der Waals surface area contributed by atoms with E-state index >= 15 is 0 Å². The number of methoxy groups -OCH3 is 1. The van der Waals surface area contributed by atoms with Crippen LogP contribution in [-0.4, -0.2) is 37.7 Å². The van der Waals surface area contributed by atoms with Crippen LogP contribution in [0.4, 0.5) is 0 Å². The van der Waals surface area contributed by atoms with Crippen molar-refractivity contribution in [1.29, 1.82) is 0 Å². The molecule has 8 nitrogen and oxygen atoms in total. The smallest absolute Gasteiger partial charge is 0.294 e. The lowest BCUT2D eigenvalue weighted by molar-refractivity contribution is 0.0966. The van der Waals surface area contributed by atoms with Gasteiger partial charge in [0.05, 0.1) is 7.11 Å². The predicted octanol–water partition coefficient (Wildman–Crippen LogP) is 0.512. The quantitative estimate of drug-likeness (QED) is 0.814. The average molecular weight is 338 g/mol. The molecule has 2 rings (SSSR count). The number of amides is 1. The second-order valence-corrected chi connectivity index (χ2v) is 6.00. The van der Waals surface area contributed by atoms with Gasteiger partial charge in [-0.2, -0.15) is 8.42 Å². The largest absolute Gasteiger partial charge is 0.497 e. The third-order valence-electron chi connectivity index (χ3n) is 3.12. The first-order chi connectivity index (χ1) is 10.7. The Hall–Kier alpha value is -2.65. The van der Waals surface area contributed by atoms with Gasteiger partial charge in [-0.25, -0.2) is 9.69 Å². The molecule has 1 amide bonds. The van der Waals surface area contributed by atoms with Crippen LogP contribution in [-0.2, 0) is 10.1 Å². The van der Waals surface area contributed by atoms with E-state index in [0.29, 0.717) is 11.3 Å². The normalized spacial score (nSPS) is 11.1. The van der Waals surface area contributed by atoms with Gasteiger partial charge in [-0.3, -0.25) is 14.1 Å². The average Bonchev–Trinajstić information content (AvgIpc) is 2.52. The number of nitrogens with zero attached hydrogens (tertiary/aromatic N) is 2. The zero-order chi connectivity index (χ0) is 17.2. The Balaban J connectivity index is 2.34. The number of pyridine rings is 1. The van der Waals surface area contributed by atoms with Gasteiger partial charge < -0.3 is 4.74 Å². The first-order valence-electron chi connectivity index (χ1n) is 6.36. The minimum Gasteiger partial charge on any atom is -0.497 e. The summed E-state index contributed by atoms with van der Waals surface area (Å²) in [5.41, 5.74) is -0.455. The highest BCUT2D eigenvalue weighted by atomic mass is 32.2. The Bertz CT molecular complexity index is 886. The standard InChI is InChI=1S/C14H14N2O6S/c1-15(14(18)10-3-5-11(22-2)6-4-10)16-8-7-12(9-13(16)17)23(19,20)21/h3-9H,1-2H3,(H,19,20,21). The Morgan fingerprint density at radius 1 is 1.22 bits per heavy atom. The molecular formula is C14H14N2O6S. The maximum atomic E-state index is 12.3. The van der Waals surface area contributed by atoms with E-state index in [4.69, 9.17) is 9.29 Å². The van der Waals surface area contributed by atoms with Gasteiger partial charge in [0, 0.05) is 24.9 Å². The summed E-state index contributed by atoms with van der Waals surface area (Å²) < 4.78 is 36.8. The number of carbonyl (C=O) groups excluding carboxylic acids is 1. The van der Waals surface area contributed by atoms with Crippen molar-refractivity contribution < 1.29 is 22.5 Å². The van der Waals surface area contributed by atoms with Gasteiger partial charge in [0.2, 0.25) is 0 Å². The highest BCUT2D eigenvalue weighted by molar-refractivity contribution is 7.85. The molecule has 0 radical (unpaired) electrons. The molecule has 1 aromatic carbocycles. The maximum Gasteiger partial charge on any atom is 0.294 e. The van der Waals surface area contributed by atoms with E-state index in [2.05, 4.69) is 0 Å². The molecule has 0 spiro atoms. The summed E-state index contributed by atoms with van der Waals surface area (Å²) in [5, 5.41) is 1.03. The van der Waals surface area contributed by atoms with Crippen molar-refractivity contribution in [3.05, 3.63) is 58.5 Å². The monoisotopic (exact) mass is 338 g/mol. The van der Waals surface area contributed by atoms with E-state index in [0.717, 1.165) is 28.0 Å². The minimum atomic E-state index is -4.48. The number of benzene rings is 1. The van der Waals surface area contributed by atoms with Crippen LogP contribution >= 0.6 is 0 Å². The maximum absolute atomic E-state index is 12.3. The molecule has 23 heavy (non-hydrogen) atoms. The van der Waals surface area contributed by atoms with Crippen LogP contribution in [0.5, 0.6) is 5.75 Å². The van der Waals surface area contributed by atoms with Crippen LogP contribution in [0.2, 0.25) is 0 Å². The van der Waals surface area contributed by atoms with E-state index < -0.39 is 26.5 Å². The van der Waals surface area contributed by atoms with E-state index in [9.17, 15) is 18.0 Å². The lowest BCUT2D eigenvalue weighted by atomic mass is 10.2. The fraction of sp³-hybridized carbons (Fsp3) is 0.143. The predicted molar refractivity (Wildman–Crippen MR) is 82.0 cm³/mol. The summed E-state index contributed by atoms with van der Waals surface area (Å²) in [7, 11) is -1.62. The number of aromatic nitrogens is 1. The van der Waals surface area contributed by atoms with Crippen LogP contribution in [0.15, 0.2) is 52.3 Å². The topological polar surface area (TPSA) is 106 Å². The zero-order valence-electron chi connectivity index (χ0n) is 12.3. The highest BCUT2D eigenvalue weighted by Gasteiger charge is 2.17. The fourth-order valence-electron chi connectivity index (χ4n) is 1.88. The van der Waals surface area contributed by atoms with Crippen LogP contribution in [0.3, 0.4) is 0 Å². The van der Waals surface area contributed by atoms with Crippen molar-refractivity contribution in [3.63, 3.8) is 0 Å². The molecule has 0 atom stereocenters. The molecule has 1 N–H and O–H groups in total. The van der Waals surface area contributed by atoms with Crippen molar-refractivity contribution in [2.24, 2.45) is 0 Å². The molecule has 1 aromatic heterocycles. The van der Waals surface area contributed by atoms with Crippen LogP contribution in [0.1, 0.15) is 10.4 Å². The summed E-state index contributed by atoms with van der Waals surface area (Å²) >= 11 is 0. The van der Waals surface area contributed by atoms with Crippen molar-refractivity contribution in [3.8, 4) is 5.75 Å². The second-order valence-electron chi connectivity index (χ2n) is 4.58. The van der Waals surface area contributed by atoms with Gasteiger partial charge in [0.1, 0.15) is 10.6 Å². The van der Waals surface area contributed by atoms with Gasteiger partial charge in [-0.05, 0) is 30.3 Å². The Labute approximate surface area is 132 Å². The Kier molecular flexibility index (Phi) is 4.52. The number of hydrogen-bond donors (Lipinski definition) is 1. The third-order valence-corrected chi connectivity index (χ3v) is 3.97. The van der Waals surface area contributed by atoms with Crippen LogP contribution in [0, 0.1) is 0 Å². The summed E-state index contributed by atoms with van der Waals surface area (Å²) in [5.74, 6) is 0.105. The van der Waals surface area contributed by atoms with Crippen molar-refractivity contribution in [2.75, 3.05) is 19.2 Å². The first kappa shape index (κ1) is 16.7. The van der Waals surface area contributed by atoms with Crippen molar-refractivity contribution in [2.45, 2.75) is 4.90 Å². The molecule has 0 aliphatic rings. The number of carbonyl (C=O) groups is 1. The van der Waals surface area contributed by atoms with Gasteiger partial charge in [0.15, 0.2) is 0 Å². The molecule has 0 aliphatic heterocycles. The lowest BCUT2D eigenvalue weighted by Crippen LogP contribution is -2.43. The molecule has 1 heterocycles. The fourth-order valence-corrected chi connectivity index (χ4v) is 2.36. The molecule has 0 bridgehead atoms. The van der Waals surface area contributed by atoms with E-state index in [1.165, 1.54) is 26.3 Å². The molecular weight excluding hydrogens is 324 g/mol. The molecule has 0 saturated heterocycles. The number of rotatable bonds is 4. The molecule has 0 fully saturated rings. The Morgan fingerprint density at radius 2 is 1.83 bits per heavy atom. The summed E-state index contributed by atoms with van der Waals surface area (Å²) in [4.78, 5) is 23.7. The lowest BCUT2D eigenvalue weighted by Gasteiger charge is -2.19. The second kappa shape index (κ2) is 6.23. The molecule has 9 heteroatoms. The molecule has 0 aliphatic carbocycles. The molecule has 122 valence electrons. The van der Waals surface area contributed by atoms with Crippen molar-refractivity contribution in [1.82, 2.24) is 4.68 Å². The van der Waals surface area contributed by atoms with E-state index in [1.807, 2.05) is 0 Å². The zero-order valence-corrected chi connectivity index (χ0v) is 13.1. The SMILES string of the molecule is COc1ccc(C(=O)N(C)n2ccc(S(=O)(=O)O)cc2=O)cc1. The summed E-state index contributed by atoms with van der Waals surface area (Å²) in [6.45, 7) is 0. The van der Waals surface area contributed by atoms with Gasteiger partial charge in [-0.1, -0.05) is 0 Å². The third kappa shape index (κ3) is 3.58. The molecule has 0 saturated carbocycles. The van der Waals surface area contributed by atoms with Crippen molar-refractivity contribution >= 4 is 16.0 Å². The number of ether oxygens (including phenoxy) is 1. The van der Waals surface area contributed by atoms with Gasteiger partial charge in [-0.15, -0.1) is 0 Å². The van der Waals surface area contributed by atoms with E-state index in [1.54, 1.807) is 12.1 Å². The highest BCUT2D eigenvalue weighted by Crippen LogP contribution is 2.12. The molecule has 0 unspecified atom stereocenters. The van der Waals surface area contributed by atoms with E-state index in [-0.39, 0.29) is 0 Å². The molecule has 2 aromatic rings. The van der Waals surface area contributed by atoms with Crippen LogP contribution in [0.25, 0.3) is 0 Å². The van der Waals surface area contributed by atoms with Crippen LogP contribution < -0.4 is 15.3 Å². The Morgan fingerprint density at radius 3 is 2.30 bits per heavy atom. The number of hydrogen-bond acceptors (Lipinski definition) is 5. The van der Waals surface area contributed by atoms with Gasteiger partial charge >= 0.3 is 0 Å². The minimum absolute atomic E-state index is 0.319. The summed E-state index contributed by atoms with van der Waals surface area (Å²) in [6.07, 6.45) is 1.09. The summed E-state index contributed by atoms with van der Waals surface area (Å²) in [6, 6.07) is 8.03. The van der Waals surface area contributed by atoms with Gasteiger partial charge in [0.25, 0.3) is 21.6 Å². The first-order valence-corrected chi connectivity index (χ1v) is 7.80.